The molecule has 0 fully saturated rings. The maximum Gasteiger partial charge on any atom is 0.472 e. The average Bonchev–Trinajstić information content (AvgIpc) is 3.11. The van der Waals surface area contributed by atoms with E-state index in [1.807, 2.05) is 36.5 Å². The van der Waals surface area contributed by atoms with Crippen LogP contribution in [-0.2, 0) is 27.9 Å². The molecule has 0 saturated heterocycles. The number of hydrogen-bond acceptors (Lipinski definition) is 8. The zero-order valence-corrected chi connectivity index (χ0v) is 33.3. The van der Waals surface area contributed by atoms with Crippen LogP contribution in [0.15, 0.2) is 48.6 Å². The van der Waals surface area contributed by atoms with Crippen LogP contribution in [-0.4, -0.2) is 61.1 Å². The van der Waals surface area contributed by atoms with Crippen LogP contribution in [0.2, 0.25) is 0 Å². The second-order valence-corrected chi connectivity index (χ2v) is 14.8. The molecule has 0 radical (unpaired) electrons. The molecule has 0 amide bonds. The van der Waals surface area contributed by atoms with Crippen LogP contribution in [0, 0.1) is 0 Å². The van der Waals surface area contributed by atoms with Gasteiger partial charge in [0.25, 0.3) is 0 Å². The van der Waals surface area contributed by atoms with Crippen LogP contribution in [0.1, 0.15) is 162 Å². The molecule has 51 heavy (non-hydrogen) atoms. The van der Waals surface area contributed by atoms with Gasteiger partial charge >= 0.3 is 13.8 Å². The first-order valence-electron chi connectivity index (χ1n) is 20.2. The number of aliphatic hydroxyl groups excluding tert-OH is 1. The highest BCUT2D eigenvalue weighted by Gasteiger charge is 2.25. The van der Waals surface area contributed by atoms with Gasteiger partial charge in [-0.05, 0) is 44.9 Å². The van der Waals surface area contributed by atoms with E-state index >= 15 is 0 Å². The zero-order valence-electron chi connectivity index (χ0n) is 32.4. The highest BCUT2D eigenvalue weighted by atomic mass is 31.2. The second-order valence-electron chi connectivity index (χ2n) is 13.4. The van der Waals surface area contributed by atoms with Crippen molar-refractivity contribution in [1.82, 2.24) is 0 Å². The summed E-state index contributed by atoms with van der Waals surface area (Å²) in [6.45, 7) is 4.71. The maximum atomic E-state index is 12.5. The lowest BCUT2D eigenvalue weighted by atomic mass is 10.0. The Balaban J connectivity index is 4.24. The van der Waals surface area contributed by atoms with Gasteiger partial charge in [0.05, 0.1) is 25.9 Å². The summed E-state index contributed by atoms with van der Waals surface area (Å²) in [5.41, 5.74) is 5.35. The SMILES string of the molecule is CCCCCC=CCC(O)C=CC=CCC=CCCCC(=O)OC(COCCCCCCCCCCCCCCCC)COP(=O)(O)OCCN. The highest BCUT2D eigenvalue weighted by molar-refractivity contribution is 7.47. The Hall–Kier alpha value is -1.58. The number of ether oxygens (including phenoxy) is 2. The number of phosphoric acid groups is 1. The van der Waals surface area contributed by atoms with E-state index in [0.717, 1.165) is 32.1 Å². The molecule has 9 nitrogen and oxygen atoms in total. The van der Waals surface area contributed by atoms with Crippen molar-refractivity contribution in [3.05, 3.63) is 48.6 Å². The smallest absolute Gasteiger partial charge is 0.457 e. The number of hydrogen-bond donors (Lipinski definition) is 3. The van der Waals surface area contributed by atoms with E-state index in [2.05, 4.69) is 19.9 Å². The van der Waals surface area contributed by atoms with E-state index in [-0.39, 0.29) is 32.8 Å². The minimum atomic E-state index is -4.30. The van der Waals surface area contributed by atoms with Gasteiger partial charge in [-0.2, -0.15) is 0 Å². The summed E-state index contributed by atoms with van der Waals surface area (Å²) in [7, 11) is -4.30. The second kappa shape index (κ2) is 38.2. The largest absolute Gasteiger partial charge is 0.472 e. The number of phosphoric ester groups is 1. The van der Waals surface area contributed by atoms with Crippen molar-refractivity contribution in [3.63, 3.8) is 0 Å². The van der Waals surface area contributed by atoms with Gasteiger partial charge in [-0.3, -0.25) is 13.8 Å². The molecule has 0 heterocycles. The van der Waals surface area contributed by atoms with Crippen molar-refractivity contribution in [2.45, 2.75) is 174 Å². The van der Waals surface area contributed by atoms with E-state index in [0.29, 0.717) is 19.4 Å². The topological polar surface area (TPSA) is 138 Å². The molecule has 0 aromatic rings. The number of esters is 1. The summed E-state index contributed by atoms with van der Waals surface area (Å²) in [5.74, 6) is -0.410. The number of carbonyl (C=O) groups is 1. The number of unbranched alkanes of at least 4 members (excludes halogenated alkanes) is 17. The fourth-order valence-corrected chi connectivity index (χ4v) is 6.07. The molecule has 3 unspecified atom stereocenters. The summed E-state index contributed by atoms with van der Waals surface area (Å²) >= 11 is 0. The first kappa shape index (κ1) is 49.4. The van der Waals surface area contributed by atoms with Gasteiger partial charge in [0.2, 0.25) is 0 Å². The molecule has 10 heteroatoms. The molecular formula is C41H76NO8P. The summed E-state index contributed by atoms with van der Waals surface area (Å²) < 4.78 is 33.2. The van der Waals surface area contributed by atoms with E-state index in [9.17, 15) is 19.4 Å². The molecular weight excluding hydrogens is 665 g/mol. The normalized spacial score (nSPS) is 14.7. The Labute approximate surface area is 312 Å². The van der Waals surface area contributed by atoms with E-state index in [4.69, 9.17) is 24.3 Å². The third-order valence-electron chi connectivity index (χ3n) is 8.33. The van der Waals surface area contributed by atoms with Gasteiger partial charge in [0.15, 0.2) is 0 Å². The van der Waals surface area contributed by atoms with Crippen LogP contribution < -0.4 is 5.73 Å². The third-order valence-corrected chi connectivity index (χ3v) is 9.31. The van der Waals surface area contributed by atoms with Crippen molar-refractivity contribution in [2.75, 3.05) is 33.0 Å². The lowest BCUT2D eigenvalue weighted by Gasteiger charge is -2.20. The van der Waals surface area contributed by atoms with Crippen LogP contribution >= 0.6 is 7.82 Å². The third kappa shape index (κ3) is 38.0. The summed E-state index contributed by atoms with van der Waals surface area (Å²) in [5, 5.41) is 10.0. The fraction of sp³-hybridized carbons (Fsp3) is 0.780. The van der Waals surface area contributed by atoms with E-state index in [1.165, 1.54) is 96.3 Å². The fourth-order valence-electron chi connectivity index (χ4n) is 5.31. The molecule has 298 valence electrons. The Kier molecular flexibility index (Phi) is 37.0. The van der Waals surface area contributed by atoms with Crippen molar-refractivity contribution >= 4 is 13.8 Å². The lowest BCUT2D eigenvalue weighted by molar-refractivity contribution is -0.154. The molecule has 0 spiro atoms. The van der Waals surface area contributed by atoms with Gasteiger partial charge in [0, 0.05) is 19.6 Å². The predicted octanol–water partition coefficient (Wildman–Crippen LogP) is 10.6. The number of allylic oxidation sites excluding steroid dienone is 6. The van der Waals surface area contributed by atoms with Gasteiger partial charge < -0.3 is 25.2 Å². The maximum absolute atomic E-state index is 12.5. The van der Waals surface area contributed by atoms with Gasteiger partial charge in [0.1, 0.15) is 6.10 Å². The number of aliphatic hydroxyl groups is 1. The minimum absolute atomic E-state index is 0.0779. The molecule has 0 aliphatic rings. The first-order valence-corrected chi connectivity index (χ1v) is 21.7. The van der Waals surface area contributed by atoms with Gasteiger partial charge in [-0.15, -0.1) is 0 Å². The first-order chi connectivity index (χ1) is 24.8. The van der Waals surface area contributed by atoms with E-state index < -0.39 is 26.0 Å². The Morgan fingerprint density at radius 2 is 1.27 bits per heavy atom. The average molecular weight is 742 g/mol. The van der Waals surface area contributed by atoms with Gasteiger partial charge in [-0.1, -0.05) is 159 Å². The predicted molar refractivity (Wildman–Crippen MR) is 212 cm³/mol. The lowest BCUT2D eigenvalue weighted by Crippen LogP contribution is -2.28. The summed E-state index contributed by atoms with van der Waals surface area (Å²) in [6, 6.07) is 0. The molecule has 4 N–H and O–H groups in total. The highest BCUT2D eigenvalue weighted by Crippen LogP contribution is 2.43. The van der Waals surface area contributed by atoms with Crippen LogP contribution in [0.3, 0.4) is 0 Å². The zero-order chi connectivity index (χ0) is 37.5. The Bertz CT molecular complexity index is 939. The van der Waals surface area contributed by atoms with Crippen molar-refractivity contribution in [1.29, 1.82) is 0 Å². The molecule has 0 aliphatic heterocycles. The quantitative estimate of drug-likeness (QED) is 0.0186. The number of rotatable bonds is 38. The molecule has 3 atom stereocenters. The standard InChI is InChI=1S/C41H76NO8P/c1-3-5-7-9-11-12-13-14-15-16-19-22-26-30-35-47-37-40(38-49-51(45,46)48-36-34-42)50-41(44)33-29-25-21-18-17-20-24-28-32-39(43)31-27-23-10-8-6-4-2/h18,20-21,23-24,27-28,32,39-40,43H,3-17,19,22,25-26,29-31,33-38,42H2,1-2H3,(H,45,46). The van der Waals surface area contributed by atoms with Gasteiger partial charge in [-0.25, -0.2) is 4.57 Å². The monoisotopic (exact) mass is 742 g/mol. The number of carbonyl (C=O) groups excluding carboxylic acids is 1. The Morgan fingerprint density at radius 3 is 1.92 bits per heavy atom. The van der Waals surface area contributed by atoms with Crippen molar-refractivity contribution in [2.24, 2.45) is 5.73 Å². The molecule has 0 aromatic carbocycles. The molecule has 0 rings (SSSR count). The van der Waals surface area contributed by atoms with Crippen molar-refractivity contribution in [3.8, 4) is 0 Å². The molecule has 0 aliphatic carbocycles. The summed E-state index contributed by atoms with van der Waals surface area (Å²) in [6.07, 6.45) is 40.1. The number of nitrogens with two attached hydrogens (primary N) is 1. The molecule has 0 bridgehead atoms. The summed E-state index contributed by atoms with van der Waals surface area (Å²) in [4.78, 5) is 22.4. The Morgan fingerprint density at radius 1 is 0.686 bits per heavy atom. The van der Waals surface area contributed by atoms with Crippen LogP contribution in [0.25, 0.3) is 0 Å². The molecule has 0 saturated carbocycles. The van der Waals surface area contributed by atoms with Crippen LogP contribution in [0.4, 0.5) is 0 Å². The molecule has 0 aromatic heterocycles. The van der Waals surface area contributed by atoms with Crippen LogP contribution in [0.5, 0.6) is 0 Å². The van der Waals surface area contributed by atoms with Crippen molar-refractivity contribution < 1.29 is 37.9 Å². The minimum Gasteiger partial charge on any atom is -0.457 e. The van der Waals surface area contributed by atoms with E-state index in [1.54, 1.807) is 6.08 Å².